The van der Waals surface area contributed by atoms with E-state index in [0.717, 1.165) is 5.56 Å². The molecule has 1 aromatic heterocycles. The molecule has 3 aromatic rings. The monoisotopic (exact) mass is 407 g/mol. The number of aromatic nitrogens is 2. The van der Waals surface area contributed by atoms with Gasteiger partial charge in [0, 0.05) is 5.56 Å². The van der Waals surface area contributed by atoms with E-state index in [0.29, 0.717) is 11.4 Å². The molecule has 0 amide bonds. The van der Waals surface area contributed by atoms with Gasteiger partial charge in [-0.05, 0) is 30.3 Å². The van der Waals surface area contributed by atoms with Gasteiger partial charge in [0.2, 0.25) is 10.0 Å². The lowest BCUT2D eigenvalue weighted by Crippen LogP contribution is -2.14. The number of esters is 1. The third-order valence-corrected chi connectivity index (χ3v) is 4.71. The number of benzene rings is 2. The van der Waals surface area contributed by atoms with Crippen molar-refractivity contribution in [3.63, 3.8) is 0 Å². The van der Waals surface area contributed by atoms with Gasteiger partial charge in [0.05, 0.1) is 16.3 Å². The van der Waals surface area contributed by atoms with Gasteiger partial charge in [0.25, 0.3) is 0 Å². The van der Waals surface area contributed by atoms with Crippen LogP contribution in [0.2, 0.25) is 0 Å². The van der Waals surface area contributed by atoms with Crippen molar-refractivity contribution in [2.45, 2.75) is 17.9 Å². The minimum absolute atomic E-state index is 0.0595. The summed E-state index contributed by atoms with van der Waals surface area (Å²) < 4.78 is 53.5. The van der Waals surface area contributed by atoms with Crippen molar-refractivity contribution in [3.05, 3.63) is 66.4 Å². The number of nitrogens with zero attached hydrogens (tertiary/aromatic N) is 2. The summed E-state index contributed by atoms with van der Waals surface area (Å²) in [5.41, 5.74) is 2.14. The Labute approximate surface area is 159 Å². The molecule has 1 heterocycles. The van der Waals surface area contributed by atoms with Gasteiger partial charge in [-0.15, -0.1) is 0 Å². The Morgan fingerprint density at radius 3 is 2.32 bits per heavy atom. The molecule has 0 radical (unpaired) electrons. The highest BCUT2D eigenvalue weighted by atomic mass is 32.2. The van der Waals surface area contributed by atoms with Crippen molar-refractivity contribution in [2.75, 3.05) is 0 Å². The zero-order chi connectivity index (χ0) is 20.3. The van der Waals surface area contributed by atoms with E-state index in [1.54, 1.807) is 6.07 Å². The molecule has 7 nitrogen and oxygen atoms in total. The summed E-state index contributed by atoms with van der Waals surface area (Å²) in [4.78, 5) is 10.9. The number of carbonyl (C=O) groups is 1. The summed E-state index contributed by atoms with van der Waals surface area (Å²) in [6, 6.07) is 16.4. The number of sulfonamides is 1. The van der Waals surface area contributed by atoms with E-state index in [2.05, 4.69) is 9.84 Å². The van der Waals surface area contributed by atoms with E-state index in [1.165, 1.54) is 28.9 Å². The number of rotatable bonds is 6. The first-order valence-corrected chi connectivity index (χ1v) is 9.53. The number of alkyl halides is 2. The van der Waals surface area contributed by atoms with E-state index in [1.807, 2.05) is 30.3 Å². The number of nitrogens with two attached hydrogens (primary N) is 1. The van der Waals surface area contributed by atoms with Gasteiger partial charge in [-0.2, -0.15) is 13.9 Å². The molecule has 3 rings (SSSR count). The summed E-state index contributed by atoms with van der Waals surface area (Å²) in [5.74, 6) is -1.63. The number of carbonyl (C=O) groups excluding carboxylic acids is 1. The molecule has 0 aliphatic carbocycles. The van der Waals surface area contributed by atoms with Crippen molar-refractivity contribution in [2.24, 2.45) is 5.14 Å². The van der Waals surface area contributed by atoms with Crippen LogP contribution in [0.4, 0.5) is 8.78 Å². The molecule has 0 spiro atoms. The van der Waals surface area contributed by atoms with Gasteiger partial charge in [0.15, 0.2) is 0 Å². The van der Waals surface area contributed by atoms with Crippen molar-refractivity contribution >= 4 is 16.0 Å². The summed E-state index contributed by atoms with van der Waals surface area (Å²) in [6.07, 6.45) is -3.22. The summed E-state index contributed by atoms with van der Waals surface area (Å²) in [7, 11) is -3.84. The molecule has 10 heteroatoms. The van der Waals surface area contributed by atoms with Gasteiger partial charge in [-0.25, -0.2) is 23.0 Å². The zero-order valence-electron chi connectivity index (χ0n) is 14.3. The molecule has 0 bridgehead atoms. The highest BCUT2D eigenvalue weighted by Crippen LogP contribution is 2.25. The highest BCUT2D eigenvalue weighted by molar-refractivity contribution is 7.89. The Morgan fingerprint density at radius 1 is 1.11 bits per heavy atom. The lowest BCUT2D eigenvalue weighted by atomic mass is 10.1. The molecule has 0 saturated carbocycles. The first kappa shape index (κ1) is 19.6. The second-order valence-electron chi connectivity index (χ2n) is 5.75. The molecule has 0 saturated heterocycles. The zero-order valence-corrected chi connectivity index (χ0v) is 15.1. The standard InChI is InChI=1S/C18H15F2N3O4S/c19-17(20)18(24)27-11-13-10-16(12-4-2-1-3-5-12)23(22-13)14-6-8-15(9-7-14)28(21,25)26/h1-10,17H,11H2,(H2,21,25,26). The van der Waals surface area contributed by atoms with E-state index in [4.69, 9.17) is 5.14 Å². The quantitative estimate of drug-likeness (QED) is 0.632. The van der Waals surface area contributed by atoms with E-state index in [-0.39, 0.29) is 10.6 Å². The van der Waals surface area contributed by atoms with Crippen LogP contribution in [0.5, 0.6) is 0 Å². The molecule has 0 aliphatic heterocycles. The average Bonchev–Trinajstić information content (AvgIpc) is 3.10. The third kappa shape index (κ3) is 4.41. The minimum Gasteiger partial charge on any atom is -0.455 e. The van der Waals surface area contributed by atoms with Gasteiger partial charge in [-0.3, -0.25) is 0 Å². The third-order valence-electron chi connectivity index (χ3n) is 3.78. The number of hydrogen-bond donors (Lipinski definition) is 1. The molecule has 2 aromatic carbocycles. The number of hydrogen-bond acceptors (Lipinski definition) is 5. The Kier molecular flexibility index (Phi) is 5.52. The maximum Gasteiger partial charge on any atom is 0.374 e. The first-order valence-electron chi connectivity index (χ1n) is 7.98. The van der Waals surface area contributed by atoms with Crippen LogP contribution in [0.25, 0.3) is 16.9 Å². The molecular formula is C18H15F2N3O4S. The number of halogens is 2. The fourth-order valence-corrected chi connectivity index (χ4v) is 3.01. The number of ether oxygens (including phenoxy) is 1. The van der Waals surface area contributed by atoms with Crippen molar-refractivity contribution in [1.29, 1.82) is 0 Å². The topological polar surface area (TPSA) is 104 Å². The Bertz CT molecular complexity index is 1080. The first-order chi connectivity index (χ1) is 13.3. The molecule has 28 heavy (non-hydrogen) atoms. The summed E-state index contributed by atoms with van der Waals surface area (Å²) in [5, 5.41) is 9.40. The SMILES string of the molecule is NS(=O)(=O)c1ccc(-n2nc(COC(=O)C(F)F)cc2-c2ccccc2)cc1. The largest absolute Gasteiger partial charge is 0.455 e. The van der Waals surface area contributed by atoms with Crippen LogP contribution in [-0.4, -0.2) is 30.6 Å². The fourth-order valence-electron chi connectivity index (χ4n) is 2.50. The van der Waals surface area contributed by atoms with Crippen molar-refractivity contribution < 1.29 is 26.7 Å². The van der Waals surface area contributed by atoms with Crippen LogP contribution in [0, 0.1) is 0 Å². The molecule has 0 aliphatic rings. The molecular weight excluding hydrogens is 392 g/mol. The summed E-state index contributed by atoms with van der Waals surface area (Å²) >= 11 is 0. The van der Waals surface area contributed by atoms with Gasteiger partial charge in [-0.1, -0.05) is 30.3 Å². The van der Waals surface area contributed by atoms with Crippen LogP contribution < -0.4 is 5.14 Å². The number of primary sulfonamides is 1. The molecule has 0 unspecified atom stereocenters. The second kappa shape index (κ2) is 7.87. The average molecular weight is 407 g/mol. The lowest BCUT2D eigenvalue weighted by molar-refractivity contribution is -0.157. The van der Waals surface area contributed by atoms with E-state index < -0.39 is 29.0 Å². The highest BCUT2D eigenvalue weighted by Gasteiger charge is 2.19. The van der Waals surface area contributed by atoms with E-state index in [9.17, 15) is 22.0 Å². The predicted molar refractivity (Wildman–Crippen MR) is 96.2 cm³/mol. The van der Waals surface area contributed by atoms with E-state index >= 15 is 0 Å². The fraction of sp³-hybridized carbons (Fsp3) is 0.111. The lowest BCUT2D eigenvalue weighted by Gasteiger charge is -2.08. The van der Waals surface area contributed by atoms with Crippen LogP contribution in [0.1, 0.15) is 5.69 Å². The van der Waals surface area contributed by atoms with Crippen LogP contribution in [0.15, 0.2) is 65.6 Å². The van der Waals surface area contributed by atoms with Gasteiger partial charge >= 0.3 is 12.4 Å². The van der Waals surface area contributed by atoms with Crippen LogP contribution in [-0.2, 0) is 26.2 Å². The Hall–Kier alpha value is -3.11. The van der Waals surface area contributed by atoms with Gasteiger partial charge in [0.1, 0.15) is 12.3 Å². The Morgan fingerprint density at radius 2 is 1.75 bits per heavy atom. The summed E-state index contributed by atoms with van der Waals surface area (Å²) in [6.45, 7) is -0.425. The molecule has 146 valence electrons. The smallest absolute Gasteiger partial charge is 0.374 e. The normalized spacial score (nSPS) is 11.6. The second-order valence-corrected chi connectivity index (χ2v) is 7.31. The maximum atomic E-state index is 12.3. The molecule has 2 N–H and O–H groups in total. The predicted octanol–water partition coefficient (Wildman–Crippen LogP) is 2.50. The molecule has 0 fully saturated rings. The molecule has 0 atom stereocenters. The van der Waals surface area contributed by atoms with Crippen LogP contribution >= 0.6 is 0 Å². The van der Waals surface area contributed by atoms with Gasteiger partial charge < -0.3 is 4.74 Å². The van der Waals surface area contributed by atoms with Crippen LogP contribution in [0.3, 0.4) is 0 Å². The Balaban J connectivity index is 2.00. The van der Waals surface area contributed by atoms with Crippen molar-refractivity contribution in [3.8, 4) is 16.9 Å². The minimum atomic E-state index is -3.84. The maximum absolute atomic E-state index is 12.3. The van der Waals surface area contributed by atoms with Crippen molar-refractivity contribution in [1.82, 2.24) is 9.78 Å².